The molecule has 5 nitrogen and oxygen atoms in total. The Bertz CT molecular complexity index is 528. The molecule has 0 spiro atoms. The third kappa shape index (κ3) is 3.55. The maximum atomic E-state index is 10.9. The van der Waals surface area contributed by atoms with Crippen LogP contribution in [0.25, 0.3) is 0 Å². The highest BCUT2D eigenvalue weighted by molar-refractivity contribution is 9.10. The van der Waals surface area contributed by atoms with Crippen LogP contribution in [0.1, 0.15) is 25.7 Å². The zero-order chi connectivity index (χ0) is 14.8. The fraction of sp³-hybridized carbons (Fsp3) is 0.600. The number of non-ortho nitro benzene ring substituents is 1. The number of halogens is 1. The lowest BCUT2D eigenvalue weighted by Gasteiger charge is -2.32. The van der Waals surface area contributed by atoms with Crippen molar-refractivity contribution in [1.82, 2.24) is 5.32 Å². The minimum Gasteiger partial charge on any atom is -0.367 e. The van der Waals surface area contributed by atoms with Crippen LogP contribution in [0.5, 0.6) is 0 Å². The lowest BCUT2D eigenvalue weighted by atomic mass is 9.98. The summed E-state index contributed by atoms with van der Waals surface area (Å²) < 4.78 is 0.826. The number of rotatable bonds is 5. The zero-order valence-corrected chi connectivity index (χ0v) is 13.5. The number of nitrogens with one attached hydrogen (secondary N) is 1. The van der Waals surface area contributed by atoms with Crippen LogP contribution in [0.15, 0.2) is 22.7 Å². The second-order valence-electron chi connectivity index (χ2n) is 5.99. The van der Waals surface area contributed by atoms with Crippen molar-refractivity contribution >= 4 is 27.3 Å². The molecule has 1 aliphatic heterocycles. The average molecular weight is 354 g/mol. The van der Waals surface area contributed by atoms with E-state index in [4.69, 9.17) is 0 Å². The Balaban J connectivity index is 1.78. The molecule has 1 aromatic rings. The first-order valence-corrected chi connectivity index (χ1v) is 8.36. The van der Waals surface area contributed by atoms with Crippen LogP contribution >= 0.6 is 15.9 Å². The molecule has 1 saturated heterocycles. The molecule has 21 heavy (non-hydrogen) atoms. The fourth-order valence-corrected chi connectivity index (χ4v) is 3.63. The maximum Gasteiger partial charge on any atom is 0.270 e. The van der Waals surface area contributed by atoms with Gasteiger partial charge in [0.1, 0.15) is 0 Å². The van der Waals surface area contributed by atoms with Gasteiger partial charge in [0.15, 0.2) is 0 Å². The molecule has 1 unspecified atom stereocenters. The van der Waals surface area contributed by atoms with Gasteiger partial charge in [0.2, 0.25) is 0 Å². The highest BCUT2D eigenvalue weighted by Gasteiger charge is 2.32. The van der Waals surface area contributed by atoms with Crippen LogP contribution in [-0.4, -0.2) is 30.6 Å². The number of hydrogen-bond donors (Lipinski definition) is 1. The first-order valence-electron chi connectivity index (χ1n) is 7.56. The number of nitrogens with zero attached hydrogens (tertiary/aromatic N) is 2. The first-order chi connectivity index (χ1) is 10.1. The number of anilines is 1. The van der Waals surface area contributed by atoms with E-state index < -0.39 is 0 Å². The van der Waals surface area contributed by atoms with E-state index in [2.05, 4.69) is 26.1 Å². The van der Waals surface area contributed by atoms with Crippen LogP contribution < -0.4 is 10.2 Å². The molecule has 0 bridgehead atoms. The molecular formula is C15H20BrN3O2. The molecule has 114 valence electrons. The van der Waals surface area contributed by atoms with Crippen molar-refractivity contribution in [2.24, 2.45) is 5.92 Å². The Morgan fingerprint density at radius 3 is 2.76 bits per heavy atom. The number of piperidine rings is 1. The molecule has 1 N–H and O–H groups in total. The number of benzene rings is 1. The monoisotopic (exact) mass is 353 g/mol. The van der Waals surface area contributed by atoms with Gasteiger partial charge in [-0.1, -0.05) is 0 Å². The molecule has 1 heterocycles. The molecule has 0 radical (unpaired) electrons. The molecule has 0 aromatic heterocycles. The number of nitro benzene ring substituents is 1. The summed E-state index contributed by atoms with van der Waals surface area (Å²) in [6, 6.07) is 5.71. The summed E-state index contributed by atoms with van der Waals surface area (Å²) in [4.78, 5) is 13.0. The van der Waals surface area contributed by atoms with E-state index in [0.717, 1.165) is 29.8 Å². The van der Waals surface area contributed by atoms with Gasteiger partial charge in [-0.25, -0.2) is 0 Å². The van der Waals surface area contributed by atoms with Gasteiger partial charge in [0, 0.05) is 29.2 Å². The Labute approximate surface area is 133 Å². The molecule has 1 aromatic carbocycles. The van der Waals surface area contributed by atoms with E-state index in [-0.39, 0.29) is 10.6 Å². The van der Waals surface area contributed by atoms with Crippen molar-refractivity contribution in [3.8, 4) is 0 Å². The fourth-order valence-electron chi connectivity index (χ4n) is 3.03. The molecule has 3 rings (SSSR count). The third-order valence-electron chi connectivity index (χ3n) is 4.29. The second-order valence-corrected chi connectivity index (χ2v) is 6.84. The maximum absolute atomic E-state index is 10.9. The van der Waals surface area contributed by atoms with Gasteiger partial charge < -0.3 is 10.2 Å². The van der Waals surface area contributed by atoms with E-state index in [1.54, 1.807) is 12.1 Å². The topological polar surface area (TPSA) is 58.4 Å². The van der Waals surface area contributed by atoms with Crippen molar-refractivity contribution in [3.05, 3.63) is 32.8 Å². The molecule has 2 aliphatic rings. The molecule has 1 aliphatic carbocycles. The predicted molar refractivity (Wildman–Crippen MR) is 86.8 cm³/mol. The van der Waals surface area contributed by atoms with Crippen molar-refractivity contribution in [2.75, 3.05) is 24.5 Å². The minimum atomic E-state index is -0.346. The van der Waals surface area contributed by atoms with E-state index in [1.807, 2.05) is 6.07 Å². The SMILES string of the molecule is O=[N+]([O-])c1ccc(N(CC2CCCNC2)C2CC2)c(Br)c1. The summed E-state index contributed by atoms with van der Waals surface area (Å²) in [5.74, 6) is 0.668. The van der Waals surface area contributed by atoms with E-state index in [9.17, 15) is 10.1 Å². The van der Waals surface area contributed by atoms with Crippen molar-refractivity contribution in [2.45, 2.75) is 31.7 Å². The van der Waals surface area contributed by atoms with Gasteiger partial charge >= 0.3 is 0 Å². The molecule has 1 saturated carbocycles. The van der Waals surface area contributed by atoms with Crippen LogP contribution in [0.2, 0.25) is 0 Å². The Kier molecular flexibility index (Phi) is 4.45. The van der Waals surface area contributed by atoms with Crippen molar-refractivity contribution in [1.29, 1.82) is 0 Å². The average Bonchev–Trinajstić information content (AvgIpc) is 3.31. The molecule has 2 fully saturated rings. The Morgan fingerprint density at radius 1 is 1.38 bits per heavy atom. The normalized spacial score (nSPS) is 22.0. The summed E-state index contributed by atoms with van der Waals surface area (Å²) in [7, 11) is 0. The molecule has 6 heteroatoms. The van der Waals surface area contributed by atoms with Gasteiger partial charge in [0.25, 0.3) is 5.69 Å². The van der Waals surface area contributed by atoms with Crippen LogP contribution in [-0.2, 0) is 0 Å². The van der Waals surface area contributed by atoms with Gasteiger partial charge in [-0.15, -0.1) is 0 Å². The van der Waals surface area contributed by atoms with E-state index in [0.29, 0.717) is 12.0 Å². The van der Waals surface area contributed by atoms with E-state index in [1.165, 1.54) is 25.7 Å². The molecule has 0 amide bonds. The first kappa shape index (κ1) is 14.8. The highest BCUT2D eigenvalue weighted by Crippen LogP contribution is 2.38. The molecule has 1 atom stereocenters. The predicted octanol–water partition coefficient (Wildman–Crippen LogP) is 3.33. The third-order valence-corrected chi connectivity index (χ3v) is 4.93. The Morgan fingerprint density at radius 2 is 2.19 bits per heavy atom. The van der Waals surface area contributed by atoms with Gasteiger partial charge in [-0.05, 0) is 66.7 Å². The lowest BCUT2D eigenvalue weighted by molar-refractivity contribution is -0.384. The van der Waals surface area contributed by atoms with Crippen LogP contribution in [0, 0.1) is 16.0 Å². The second kappa shape index (κ2) is 6.32. The minimum absolute atomic E-state index is 0.140. The standard InChI is InChI=1S/C15H20BrN3O2/c16-14-8-13(19(20)21)5-6-15(14)18(12-3-4-12)10-11-2-1-7-17-9-11/h5-6,8,11-12,17H,1-4,7,9-10H2. The zero-order valence-electron chi connectivity index (χ0n) is 11.9. The highest BCUT2D eigenvalue weighted by atomic mass is 79.9. The van der Waals surface area contributed by atoms with E-state index >= 15 is 0 Å². The lowest BCUT2D eigenvalue weighted by Crippen LogP contribution is -2.39. The number of nitro groups is 1. The summed E-state index contributed by atoms with van der Waals surface area (Å²) in [6.07, 6.45) is 4.96. The summed E-state index contributed by atoms with van der Waals surface area (Å²) in [5.41, 5.74) is 1.23. The summed E-state index contributed by atoms with van der Waals surface area (Å²) >= 11 is 3.52. The van der Waals surface area contributed by atoms with Crippen molar-refractivity contribution < 1.29 is 4.92 Å². The quantitative estimate of drug-likeness (QED) is 0.651. The van der Waals surface area contributed by atoms with Gasteiger partial charge in [-0.2, -0.15) is 0 Å². The number of hydrogen-bond acceptors (Lipinski definition) is 4. The van der Waals surface area contributed by atoms with Gasteiger partial charge in [-0.3, -0.25) is 10.1 Å². The smallest absolute Gasteiger partial charge is 0.270 e. The summed E-state index contributed by atoms with van der Waals surface area (Å²) in [5, 5.41) is 14.3. The Hall–Kier alpha value is -1.14. The van der Waals surface area contributed by atoms with Gasteiger partial charge in [0.05, 0.1) is 10.6 Å². The summed E-state index contributed by atoms with van der Waals surface area (Å²) in [6.45, 7) is 3.24. The molecular weight excluding hydrogens is 334 g/mol. The van der Waals surface area contributed by atoms with Crippen LogP contribution in [0.4, 0.5) is 11.4 Å². The van der Waals surface area contributed by atoms with Crippen LogP contribution in [0.3, 0.4) is 0 Å². The van der Waals surface area contributed by atoms with Crippen molar-refractivity contribution in [3.63, 3.8) is 0 Å². The largest absolute Gasteiger partial charge is 0.367 e.